The average molecular weight is 208 g/mol. The number of thiazole rings is 1. The second-order valence-corrected chi connectivity index (χ2v) is 4.41. The summed E-state index contributed by atoms with van der Waals surface area (Å²) in [6.07, 6.45) is 3.80. The molecule has 0 aromatic carbocycles. The van der Waals surface area contributed by atoms with Gasteiger partial charge in [-0.05, 0) is 6.92 Å². The molecule has 0 radical (unpaired) electrons. The Bertz CT molecular complexity index is 378. The minimum absolute atomic E-state index is 0.746. The van der Waals surface area contributed by atoms with Crippen molar-refractivity contribution in [3.8, 4) is 0 Å². The zero-order chi connectivity index (χ0) is 9.97. The zero-order valence-electron chi connectivity index (χ0n) is 8.19. The lowest BCUT2D eigenvalue weighted by Crippen LogP contribution is -2.00. The van der Waals surface area contributed by atoms with Crippen LogP contribution in [0.15, 0.2) is 18.5 Å². The van der Waals surface area contributed by atoms with Crippen LogP contribution in [0.1, 0.15) is 9.88 Å². The van der Waals surface area contributed by atoms with E-state index in [1.807, 2.05) is 25.5 Å². The van der Waals surface area contributed by atoms with Gasteiger partial charge in [-0.3, -0.25) is 4.68 Å². The smallest absolute Gasteiger partial charge is 0.148 e. The van der Waals surface area contributed by atoms with E-state index in [4.69, 9.17) is 0 Å². The first kappa shape index (κ1) is 9.21. The van der Waals surface area contributed by atoms with Gasteiger partial charge in [-0.25, -0.2) is 4.98 Å². The summed E-state index contributed by atoms with van der Waals surface area (Å²) in [5, 5.41) is 8.52. The fraction of sp³-hybridized carbons (Fsp3) is 0.333. The fourth-order valence-electron chi connectivity index (χ4n) is 1.16. The molecule has 0 aliphatic rings. The van der Waals surface area contributed by atoms with E-state index in [-0.39, 0.29) is 0 Å². The van der Waals surface area contributed by atoms with E-state index in [0.29, 0.717) is 0 Å². The standard InChI is InChI=1S/C9H12N4S/c1-7-5-11-9(14-7)6-10-8-3-4-13(2)12-8/h3-5H,6H2,1-2H3,(H,10,12). The molecule has 0 aliphatic heterocycles. The van der Waals surface area contributed by atoms with E-state index in [2.05, 4.69) is 22.3 Å². The van der Waals surface area contributed by atoms with Crippen LogP contribution in [0.2, 0.25) is 0 Å². The number of hydrogen-bond donors (Lipinski definition) is 1. The van der Waals surface area contributed by atoms with Crippen molar-refractivity contribution in [2.45, 2.75) is 13.5 Å². The van der Waals surface area contributed by atoms with Gasteiger partial charge in [-0.2, -0.15) is 5.10 Å². The van der Waals surface area contributed by atoms with Crippen molar-refractivity contribution < 1.29 is 0 Å². The van der Waals surface area contributed by atoms with Gasteiger partial charge in [0, 0.05) is 30.4 Å². The predicted molar refractivity (Wildman–Crippen MR) is 57.4 cm³/mol. The molecule has 2 aromatic heterocycles. The van der Waals surface area contributed by atoms with Gasteiger partial charge >= 0.3 is 0 Å². The first-order valence-electron chi connectivity index (χ1n) is 4.39. The van der Waals surface area contributed by atoms with Crippen LogP contribution in [0.4, 0.5) is 5.82 Å². The molecular weight excluding hydrogens is 196 g/mol. The van der Waals surface area contributed by atoms with Gasteiger partial charge in [0.05, 0.1) is 6.54 Å². The van der Waals surface area contributed by atoms with Gasteiger partial charge in [-0.1, -0.05) is 0 Å². The van der Waals surface area contributed by atoms with Gasteiger partial charge in [-0.15, -0.1) is 11.3 Å². The molecule has 2 heterocycles. The largest absolute Gasteiger partial charge is 0.362 e. The summed E-state index contributed by atoms with van der Waals surface area (Å²) < 4.78 is 1.77. The zero-order valence-corrected chi connectivity index (χ0v) is 9.01. The lowest BCUT2D eigenvalue weighted by Gasteiger charge is -1.97. The molecule has 2 rings (SSSR count). The highest BCUT2D eigenvalue weighted by Gasteiger charge is 1.99. The molecule has 0 unspecified atom stereocenters. The Kier molecular flexibility index (Phi) is 2.49. The molecule has 4 nitrogen and oxygen atoms in total. The molecule has 0 spiro atoms. The Morgan fingerprint density at radius 3 is 3.00 bits per heavy atom. The highest BCUT2D eigenvalue weighted by molar-refractivity contribution is 7.11. The third kappa shape index (κ3) is 2.11. The Balaban J connectivity index is 1.94. The molecule has 1 N–H and O–H groups in total. The highest BCUT2D eigenvalue weighted by atomic mass is 32.1. The summed E-state index contributed by atoms with van der Waals surface area (Å²) in [6.45, 7) is 2.80. The van der Waals surface area contributed by atoms with Crippen molar-refractivity contribution in [1.29, 1.82) is 0 Å². The van der Waals surface area contributed by atoms with Crippen molar-refractivity contribution in [3.05, 3.63) is 28.3 Å². The molecule has 0 saturated carbocycles. The number of rotatable bonds is 3. The van der Waals surface area contributed by atoms with Crippen molar-refractivity contribution in [2.24, 2.45) is 7.05 Å². The molecule has 0 amide bonds. The van der Waals surface area contributed by atoms with Crippen LogP contribution in [0.5, 0.6) is 0 Å². The summed E-state index contributed by atoms with van der Waals surface area (Å²) in [7, 11) is 1.90. The molecule has 0 aliphatic carbocycles. The molecule has 5 heteroatoms. The summed E-state index contributed by atoms with van der Waals surface area (Å²) in [5.74, 6) is 0.889. The van der Waals surface area contributed by atoms with Crippen LogP contribution in [0.25, 0.3) is 0 Å². The van der Waals surface area contributed by atoms with Crippen LogP contribution >= 0.6 is 11.3 Å². The maximum Gasteiger partial charge on any atom is 0.148 e. The SMILES string of the molecule is Cc1cnc(CNc2ccn(C)n2)s1. The van der Waals surface area contributed by atoms with Crippen molar-refractivity contribution in [3.63, 3.8) is 0 Å². The van der Waals surface area contributed by atoms with Crippen molar-refractivity contribution in [2.75, 3.05) is 5.32 Å². The van der Waals surface area contributed by atoms with E-state index < -0.39 is 0 Å². The Hall–Kier alpha value is -1.36. The second kappa shape index (κ2) is 3.79. The van der Waals surface area contributed by atoms with E-state index >= 15 is 0 Å². The quantitative estimate of drug-likeness (QED) is 0.836. The predicted octanol–water partition coefficient (Wildman–Crippen LogP) is 1.80. The third-order valence-corrected chi connectivity index (χ3v) is 2.72. The van der Waals surface area contributed by atoms with Gasteiger partial charge in [0.2, 0.25) is 0 Å². The summed E-state index contributed by atoms with van der Waals surface area (Å²) in [4.78, 5) is 5.50. The highest BCUT2D eigenvalue weighted by Crippen LogP contribution is 2.12. The number of hydrogen-bond acceptors (Lipinski definition) is 4. The monoisotopic (exact) mass is 208 g/mol. The first-order valence-corrected chi connectivity index (χ1v) is 5.20. The van der Waals surface area contributed by atoms with Crippen LogP contribution in [-0.2, 0) is 13.6 Å². The van der Waals surface area contributed by atoms with Crippen molar-refractivity contribution >= 4 is 17.2 Å². The topological polar surface area (TPSA) is 42.7 Å². The maximum absolute atomic E-state index is 4.26. The maximum atomic E-state index is 4.26. The van der Waals surface area contributed by atoms with E-state index in [0.717, 1.165) is 17.4 Å². The molecule has 74 valence electrons. The molecule has 0 bridgehead atoms. The number of anilines is 1. The second-order valence-electron chi connectivity index (χ2n) is 3.09. The summed E-state index contributed by atoms with van der Waals surface area (Å²) >= 11 is 1.71. The normalized spacial score (nSPS) is 10.4. The molecule has 0 fully saturated rings. The average Bonchev–Trinajstić information content (AvgIpc) is 2.72. The Morgan fingerprint density at radius 2 is 2.43 bits per heavy atom. The molecule has 2 aromatic rings. The van der Waals surface area contributed by atoms with Gasteiger partial charge in [0.25, 0.3) is 0 Å². The first-order chi connectivity index (χ1) is 6.74. The molecular formula is C9H12N4S. The van der Waals surface area contributed by atoms with Gasteiger partial charge < -0.3 is 5.32 Å². The van der Waals surface area contributed by atoms with Crippen LogP contribution in [-0.4, -0.2) is 14.8 Å². The van der Waals surface area contributed by atoms with E-state index in [1.54, 1.807) is 16.0 Å². The van der Waals surface area contributed by atoms with Crippen LogP contribution in [0, 0.1) is 6.92 Å². The number of nitrogens with one attached hydrogen (secondary N) is 1. The summed E-state index contributed by atoms with van der Waals surface area (Å²) in [6, 6.07) is 1.94. The number of nitrogens with zero attached hydrogens (tertiary/aromatic N) is 3. The van der Waals surface area contributed by atoms with E-state index in [1.165, 1.54) is 4.88 Å². The number of aromatic nitrogens is 3. The lowest BCUT2D eigenvalue weighted by atomic mass is 10.6. The Labute approximate surface area is 86.6 Å². The van der Waals surface area contributed by atoms with E-state index in [9.17, 15) is 0 Å². The Morgan fingerprint density at radius 1 is 1.57 bits per heavy atom. The van der Waals surface area contributed by atoms with Gasteiger partial charge in [0.15, 0.2) is 0 Å². The summed E-state index contributed by atoms with van der Waals surface area (Å²) in [5.41, 5.74) is 0. The van der Waals surface area contributed by atoms with Crippen molar-refractivity contribution in [1.82, 2.24) is 14.8 Å². The van der Waals surface area contributed by atoms with Crippen LogP contribution in [0.3, 0.4) is 0 Å². The lowest BCUT2D eigenvalue weighted by molar-refractivity contribution is 0.768. The number of aryl methyl sites for hydroxylation is 2. The van der Waals surface area contributed by atoms with Gasteiger partial charge in [0.1, 0.15) is 10.8 Å². The van der Waals surface area contributed by atoms with Crippen LogP contribution < -0.4 is 5.32 Å². The third-order valence-electron chi connectivity index (χ3n) is 1.80. The minimum Gasteiger partial charge on any atom is -0.362 e. The fourth-order valence-corrected chi connectivity index (χ4v) is 1.89. The minimum atomic E-state index is 0.746. The molecule has 0 atom stereocenters. The molecule has 0 saturated heterocycles. The molecule has 14 heavy (non-hydrogen) atoms.